The van der Waals surface area contributed by atoms with Gasteiger partial charge in [-0.25, -0.2) is 0 Å². The molecule has 1 amide bonds. The Morgan fingerprint density at radius 2 is 2.00 bits per heavy atom. The van der Waals surface area contributed by atoms with Gasteiger partial charge in [0.15, 0.2) is 0 Å². The molecule has 0 aromatic carbocycles. The van der Waals surface area contributed by atoms with Gasteiger partial charge in [0.05, 0.1) is 0 Å². The van der Waals surface area contributed by atoms with Crippen LogP contribution in [0.15, 0.2) is 12.2 Å². The summed E-state index contributed by atoms with van der Waals surface area (Å²) in [5.41, 5.74) is 5.40. The van der Waals surface area contributed by atoms with Gasteiger partial charge in [-0.3, -0.25) is 4.79 Å². The van der Waals surface area contributed by atoms with E-state index < -0.39 is 0 Å². The molecule has 0 aliphatic carbocycles. The largest absolute Gasteiger partial charge is 0.366 e. The summed E-state index contributed by atoms with van der Waals surface area (Å²) in [7, 11) is 0. The molecule has 0 saturated carbocycles. The van der Waals surface area contributed by atoms with Crippen LogP contribution in [0, 0.1) is 0 Å². The minimum absolute atomic E-state index is 0. The maximum Gasteiger partial charge on any atom is 0.244 e. The fraction of sp³-hybridized carbons (Fsp3) is 0.500. The normalized spacial score (nSPS) is 6.90. The van der Waals surface area contributed by atoms with Gasteiger partial charge in [0.2, 0.25) is 5.91 Å². The molecule has 0 unspecified atom stereocenters. The second-order valence-corrected chi connectivity index (χ2v) is 1.72. The van der Waals surface area contributed by atoms with Crippen molar-refractivity contribution in [2.75, 3.05) is 0 Å². The molecule has 0 aliphatic heterocycles. The van der Waals surface area contributed by atoms with Crippen molar-refractivity contribution in [2.45, 2.75) is 19.8 Å². The topological polar surface area (TPSA) is 78.1 Å². The third-order valence-corrected chi connectivity index (χ3v) is 0.900. The maximum atomic E-state index is 10.2. The second kappa shape index (κ2) is 8.46. The monoisotopic (exact) mass is 166 g/mol. The van der Waals surface area contributed by atoms with Crippen LogP contribution in [0.25, 0.3) is 0 Å². The van der Waals surface area contributed by atoms with Gasteiger partial charge in [-0.05, 0) is 6.42 Å². The molecule has 0 spiro atoms. The molecule has 0 aliphatic rings. The van der Waals surface area contributed by atoms with E-state index in [2.05, 4.69) is 6.58 Å². The summed E-state index contributed by atoms with van der Waals surface area (Å²) < 4.78 is 0. The zero-order valence-electron chi connectivity index (χ0n) is 6.22. The number of rotatable bonds is 3. The fourth-order valence-electron chi connectivity index (χ4n) is 0.425. The van der Waals surface area contributed by atoms with Gasteiger partial charge in [0.25, 0.3) is 0 Å². The number of halogens is 1. The van der Waals surface area contributed by atoms with E-state index in [1.807, 2.05) is 6.92 Å². The highest BCUT2D eigenvalue weighted by Crippen LogP contribution is 1.98. The molecule has 0 heterocycles. The molecule has 10 heavy (non-hydrogen) atoms. The Labute approximate surface area is 67.7 Å². The Morgan fingerprint density at radius 3 is 2.10 bits per heavy atom. The Balaban J connectivity index is -0.000000245. The molecule has 0 radical (unpaired) electrons. The third-order valence-electron chi connectivity index (χ3n) is 0.900. The molecule has 0 fully saturated rings. The fourth-order valence-corrected chi connectivity index (χ4v) is 0.425. The van der Waals surface area contributed by atoms with Crippen LogP contribution in [-0.4, -0.2) is 5.91 Å². The van der Waals surface area contributed by atoms with Gasteiger partial charge in [-0.2, -0.15) is 0 Å². The summed E-state index contributed by atoms with van der Waals surface area (Å²) in [5, 5.41) is 0. The lowest BCUT2D eigenvalue weighted by Gasteiger charge is -1.93. The van der Waals surface area contributed by atoms with E-state index in [1.165, 1.54) is 0 Å². The number of carbonyl (C=O) groups excluding carboxylic acids is 1. The van der Waals surface area contributed by atoms with Gasteiger partial charge in [-0.1, -0.05) is 19.9 Å². The maximum absolute atomic E-state index is 10.2. The van der Waals surface area contributed by atoms with Crippen LogP contribution in [0.3, 0.4) is 0 Å². The molecule has 5 N–H and O–H groups in total. The van der Waals surface area contributed by atoms with Crippen LogP contribution in [0.1, 0.15) is 19.8 Å². The van der Waals surface area contributed by atoms with Crippen LogP contribution >= 0.6 is 12.4 Å². The van der Waals surface area contributed by atoms with E-state index in [9.17, 15) is 4.79 Å². The quantitative estimate of drug-likeness (QED) is 0.622. The Hall–Kier alpha value is -0.540. The van der Waals surface area contributed by atoms with E-state index in [-0.39, 0.29) is 24.5 Å². The lowest BCUT2D eigenvalue weighted by atomic mass is 10.2. The molecule has 3 nitrogen and oxygen atoms in total. The highest BCUT2D eigenvalue weighted by molar-refractivity contribution is 5.91. The van der Waals surface area contributed by atoms with Crippen LogP contribution in [0.2, 0.25) is 0 Å². The molecule has 0 atom stereocenters. The van der Waals surface area contributed by atoms with Gasteiger partial charge in [-0.15, -0.1) is 12.4 Å². The lowest BCUT2D eigenvalue weighted by molar-refractivity contribution is -0.114. The standard InChI is InChI=1S/C6H11NO.ClH.H3N/c1-3-4-5(2)6(7)8;;/h2-4H2,1H3,(H2,7,8);1H;1H3. The van der Waals surface area contributed by atoms with Crippen molar-refractivity contribution in [3.63, 3.8) is 0 Å². The Morgan fingerprint density at radius 1 is 1.60 bits per heavy atom. The molecule has 4 heteroatoms. The van der Waals surface area contributed by atoms with Crippen molar-refractivity contribution in [3.05, 3.63) is 12.2 Å². The number of amides is 1. The van der Waals surface area contributed by atoms with E-state index >= 15 is 0 Å². The van der Waals surface area contributed by atoms with Gasteiger partial charge >= 0.3 is 0 Å². The summed E-state index contributed by atoms with van der Waals surface area (Å²) in [6.07, 6.45) is 1.65. The molecular weight excluding hydrogens is 152 g/mol. The predicted octanol–water partition coefficient (Wildman–Crippen LogP) is 1.41. The third kappa shape index (κ3) is 7.46. The second-order valence-electron chi connectivity index (χ2n) is 1.72. The first kappa shape index (κ1) is 16.2. The van der Waals surface area contributed by atoms with Gasteiger partial charge < -0.3 is 11.9 Å². The van der Waals surface area contributed by atoms with Crippen LogP contribution in [-0.2, 0) is 4.79 Å². The van der Waals surface area contributed by atoms with Crippen molar-refractivity contribution in [1.82, 2.24) is 6.15 Å². The highest BCUT2D eigenvalue weighted by Gasteiger charge is 1.96. The molecule has 0 aromatic rings. The number of hydrogen-bond acceptors (Lipinski definition) is 2. The molecule has 62 valence electrons. The number of nitrogens with two attached hydrogens (primary N) is 1. The minimum Gasteiger partial charge on any atom is -0.366 e. The average molecular weight is 167 g/mol. The zero-order chi connectivity index (χ0) is 6.57. The average Bonchev–Trinajstić information content (AvgIpc) is 1.67. The van der Waals surface area contributed by atoms with Crippen LogP contribution in [0.4, 0.5) is 0 Å². The SMILES string of the molecule is C=C(CCC)C(N)=O.Cl.N. The first-order valence-corrected chi connectivity index (χ1v) is 2.66. The first-order chi connectivity index (χ1) is 3.68. The number of hydrogen-bond donors (Lipinski definition) is 2. The van der Waals surface area contributed by atoms with Crippen molar-refractivity contribution in [3.8, 4) is 0 Å². The summed E-state index contributed by atoms with van der Waals surface area (Å²) in [5.74, 6) is -0.383. The minimum atomic E-state index is -0.383. The number of primary amides is 1. The number of carbonyl (C=O) groups is 1. The molecule has 0 aromatic heterocycles. The van der Waals surface area contributed by atoms with Crippen LogP contribution in [0.5, 0.6) is 0 Å². The molecular formula is C6H15ClN2O. The Bertz CT molecular complexity index is 114. The summed E-state index contributed by atoms with van der Waals surface area (Å²) in [6, 6.07) is 0. The molecule has 0 bridgehead atoms. The lowest BCUT2D eigenvalue weighted by Crippen LogP contribution is -2.12. The van der Waals surface area contributed by atoms with E-state index in [0.29, 0.717) is 5.57 Å². The van der Waals surface area contributed by atoms with Gasteiger partial charge in [0, 0.05) is 5.57 Å². The van der Waals surface area contributed by atoms with E-state index in [4.69, 9.17) is 5.73 Å². The van der Waals surface area contributed by atoms with Crippen molar-refractivity contribution < 1.29 is 4.79 Å². The van der Waals surface area contributed by atoms with E-state index in [1.54, 1.807) is 0 Å². The van der Waals surface area contributed by atoms with Crippen molar-refractivity contribution in [2.24, 2.45) is 5.73 Å². The molecule has 0 saturated heterocycles. The summed E-state index contributed by atoms with van der Waals surface area (Å²) in [6.45, 7) is 5.45. The van der Waals surface area contributed by atoms with Crippen molar-refractivity contribution >= 4 is 18.3 Å². The van der Waals surface area contributed by atoms with Gasteiger partial charge in [0.1, 0.15) is 0 Å². The summed E-state index contributed by atoms with van der Waals surface area (Å²) >= 11 is 0. The highest BCUT2D eigenvalue weighted by atomic mass is 35.5. The van der Waals surface area contributed by atoms with Crippen molar-refractivity contribution in [1.29, 1.82) is 0 Å². The zero-order valence-corrected chi connectivity index (χ0v) is 7.04. The summed E-state index contributed by atoms with van der Waals surface area (Å²) in [4.78, 5) is 10.2. The first-order valence-electron chi connectivity index (χ1n) is 2.66. The Kier molecular flexibility index (Phi) is 13.7. The smallest absolute Gasteiger partial charge is 0.244 e. The predicted molar refractivity (Wildman–Crippen MR) is 45.5 cm³/mol. The van der Waals surface area contributed by atoms with Crippen LogP contribution < -0.4 is 11.9 Å². The van der Waals surface area contributed by atoms with E-state index in [0.717, 1.165) is 12.8 Å². The molecule has 0 rings (SSSR count).